The second kappa shape index (κ2) is 9.65. The minimum absolute atomic E-state index is 0.0278. The molecule has 32 heavy (non-hydrogen) atoms. The van der Waals surface area contributed by atoms with Gasteiger partial charge in [0.05, 0.1) is 10.9 Å². The number of primary amides is 1. The molecule has 3 N–H and O–H groups in total. The maximum Gasteiger partial charge on any atom is 0.268 e. The van der Waals surface area contributed by atoms with Crippen molar-refractivity contribution in [2.45, 2.75) is 69.6 Å². The van der Waals surface area contributed by atoms with Gasteiger partial charge in [-0.05, 0) is 50.0 Å². The van der Waals surface area contributed by atoms with Gasteiger partial charge >= 0.3 is 0 Å². The number of halogens is 2. The van der Waals surface area contributed by atoms with Crippen molar-refractivity contribution in [3.05, 3.63) is 39.9 Å². The van der Waals surface area contributed by atoms with Gasteiger partial charge in [-0.25, -0.2) is 8.78 Å². The first-order valence-corrected chi connectivity index (χ1v) is 11.6. The van der Waals surface area contributed by atoms with Crippen molar-refractivity contribution >= 4 is 16.8 Å². The number of carbonyl (C=O) groups excluding carboxylic acids is 1. The molecule has 1 saturated heterocycles. The van der Waals surface area contributed by atoms with E-state index in [2.05, 4.69) is 9.97 Å². The van der Waals surface area contributed by atoms with E-state index in [0.29, 0.717) is 24.3 Å². The molecule has 8 heteroatoms. The molecule has 5 rings (SSSR count). The van der Waals surface area contributed by atoms with Crippen LogP contribution in [0.3, 0.4) is 0 Å². The summed E-state index contributed by atoms with van der Waals surface area (Å²) in [4.78, 5) is 31.6. The van der Waals surface area contributed by atoms with Crippen LogP contribution < -0.4 is 11.2 Å². The first-order valence-electron chi connectivity index (χ1n) is 11.6. The molecule has 2 aromatic heterocycles. The van der Waals surface area contributed by atoms with Crippen molar-refractivity contribution in [2.24, 2.45) is 17.6 Å². The Kier molecular flexibility index (Phi) is 6.88. The van der Waals surface area contributed by atoms with Crippen LogP contribution in [0.5, 0.6) is 0 Å². The van der Waals surface area contributed by atoms with Crippen LogP contribution in [0.2, 0.25) is 0 Å². The lowest BCUT2D eigenvalue weighted by molar-refractivity contribution is -0.0557. The molecule has 0 radical (unpaired) electrons. The molecule has 0 aromatic carbocycles. The number of nitrogens with one attached hydrogen (secondary N) is 1. The van der Waals surface area contributed by atoms with Crippen LogP contribution in [0, 0.1) is 11.8 Å². The van der Waals surface area contributed by atoms with Crippen molar-refractivity contribution in [1.29, 1.82) is 0 Å². The highest BCUT2D eigenvalue weighted by Gasteiger charge is 2.41. The minimum Gasteiger partial charge on any atom is -0.381 e. The highest BCUT2D eigenvalue weighted by Crippen LogP contribution is 2.48. The number of fused-ring (bicyclic) bond motifs is 1. The summed E-state index contributed by atoms with van der Waals surface area (Å²) in [5.74, 6) is -2.55. The highest BCUT2D eigenvalue weighted by atomic mass is 19.3. The van der Waals surface area contributed by atoms with Crippen LogP contribution in [0.4, 0.5) is 8.78 Å². The molecule has 0 spiro atoms. The Bertz CT molecular complexity index is 1010. The van der Waals surface area contributed by atoms with Crippen LogP contribution in [0.1, 0.15) is 79.9 Å². The average molecular weight is 448 g/mol. The standard InChI is InChI=1S/C21H25F2N3O2.C3H6O/c22-21(23)8-5-12(6-9-21)13-3-1-2-4-14(13)16-11-17(27)18-15(26-16)7-10-25-19(18)20(24)28;1-2-4-3-1/h7,10-14H,1-6,8-9H2,(H2,24,28)(H,26,27);1-3H2/t13?,14-;/m1./s1. The number of ether oxygens (including phenoxy) is 1. The molecule has 2 aliphatic carbocycles. The van der Waals surface area contributed by atoms with Crippen LogP contribution in [-0.4, -0.2) is 35.0 Å². The zero-order valence-corrected chi connectivity index (χ0v) is 18.2. The summed E-state index contributed by atoms with van der Waals surface area (Å²) in [6, 6.07) is 3.22. The van der Waals surface area contributed by atoms with Gasteiger partial charge in [-0.1, -0.05) is 12.8 Å². The van der Waals surface area contributed by atoms with E-state index in [4.69, 9.17) is 10.5 Å². The van der Waals surface area contributed by atoms with Gasteiger partial charge < -0.3 is 15.5 Å². The molecule has 1 amide bonds. The van der Waals surface area contributed by atoms with E-state index in [1.54, 1.807) is 12.1 Å². The number of nitrogens with two attached hydrogens (primary N) is 1. The number of aromatic nitrogens is 2. The summed E-state index contributed by atoms with van der Waals surface area (Å²) in [6.45, 7) is 2.00. The van der Waals surface area contributed by atoms with E-state index >= 15 is 0 Å². The third-order valence-electron chi connectivity index (χ3n) is 7.16. The first-order chi connectivity index (χ1) is 15.4. The minimum atomic E-state index is -2.53. The predicted octanol–water partition coefficient (Wildman–Crippen LogP) is 4.53. The van der Waals surface area contributed by atoms with Crippen molar-refractivity contribution in [2.75, 3.05) is 13.2 Å². The number of nitrogens with zero attached hydrogens (tertiary/aromatic N) is 1. The number of alkyl halides is 2. The lowest BCUT2D eigenvalue weighted by Gasteiger charge is -2.40. The molecule has 0 bridgehead atoms. The number of pyridine rings is 2. The van der Waals surface area contributed by atoms with Gasteiger partial charge in [0.25, 0.3) is 5.91 Å². The van der Waals surface area contributed by atoms with Gasteiger partial charge in [-0.3, -0.25) is 14.6 Å². The van der Waals surface area contributed by atoms with Gasteiger partial charge in [0, 0.05) is 49.9 Å². The molecule has 3 heterocycles. The summed E-state index contributed by atoms with van der Waals surface area (Å²) in [6.07, 6.45) is 7.85. The summed E-state index contributed by atoms with van der Waals surface area (Å²) < 4.78 is 31.9. The van der Waals surface area contributed by atoms with Gasteiger partial charge in [-0.15, -0.1) is 0 Å². The monoisotopic (exact) mass is 447 g/mol. The second-order valence-electron chi connectivity index (χ2n) is 9.25. The number of hydrogen-bond donors (Lipinski definition) is 2. The Morgan fingerprint density at radius 3 is 2.41 bits per heavy atom. The molecule has 1 unspecified atom stereocenters. The summed E-state index contributed by atoms with van der Waals surface area (Å²) in [5, 5.41) is 0.211. The number of carbonyl (C=O) groups is 1. The number of amides is 1. The van der Waals surface area contributed by atoms with E-state index in [-0.39, 0.29) is 41.2 Å². The SMILES string of the molecule is C1COC1.NC(=O)c1nccc2[nH]c([C@@H]3CCCCC3C3CCC(F)(F)CC3)cc(=O)c12. The molecule has 2 atom stereocenters. The van der Waals surface area contributed by atoms with E-state index in [0.717, 1.165) is 44.6 Å². The van der Waals surface area contributed by atoms with Crippen LogP contribution in [0.15, 0.2) is 23.1 Å². The second-order valence-corrected chi connectivity index (χ2v) is 9.25. The van der Waals surface area contributed by atoms with Crippen molar-refractivity contribution < 1.29 is 18.3 Å². The van der Waals surface area contributed by atoms with Crippen molar-refractivity contribution in [1.82, 2.24) is 9.97 Å². The lowest BCUT2D eigenvalue weighted by Crippen LogP contribution is -2.33. The fourth-order valence-electron chi connectivity index (χ4n) is 5.35. The lowest BCUT2D eigenvalue weighted by atomic mass is 9.66. The quantitative estimate of drug-likeness (QED) is 0.722. The summed E-state index contributed by atoms with van der Waals surface area (Å²) in [5.41, 5.74) is 6.44. The maximum absolute atomic E-state index is 13.6. The number of aromatic amines is 1. The number of rotatable bonds is 3. The molecular weight excluding hydrogens is 416 g/mol. The van der Waals surface area contributed by atoms with E-state index < -0.39 is 11.8 Å². The first kappa shape index (κ1) is 22.8. The largest absolute Gasteiger partial charge is 0.381 e. The third-order valence-corrected chi connectivity index (χ3v) is 7.16. The van der Waals surface area contributed by atoms with Gasteiger partial charge in [0.1, 0.15) is 5.69 Å². The Hall–Kier alpha value is -2.35. The Labute approximate surface area is 185 Å². The molecular formula is C24H31F2N3O3. The van der Waals surface area contributed by atoms with Crippen molar-refractivity contribution in [3.8, 4) is 0 Å². The van der Waals surface area contributed by atoms with Crippen LogP contribution in [0.25, 0.3) is 10.9 Å². The van der Waals surface area contributed by atoms with Gasteiger partial charge in [0.2, 0.25) is 5.92 Å². The van der Waals surface area contributed by atoms with Gasteiger partial charge in [-0.2, -0.15) is 0 Å². The zero-order chi connectivity index (χ0) is 22.7. The number of hydrogen-bond acceptors (Lipinski definition) is 4. The topological polar surface area (TPSA) is 98.1 Å². The molecule has 1 aliphatic heterocycles. The van der Waals surface area contributed by atoms with Crippen LogP contribution in [-0.2, 0) is 4.74 Å². The smallest absolute Gasteiger partial charge is 0.268 e. The van der Waals surface area contributed by atoms with Crippen LogP contribution >= 0.6 is 0 Å². The average Bonchev–Trinajstić information content (AvgIpc) is 2.72. The molecule has 174 valence electrons. The third kappa shape index (κ3) is 5.00. The molecule has 2 saturated carbocycles. The zero-order valence-electron chi connectivity index (χ0n) is 18.2. The number of H-pyrrole nitrogens is 1. The normalized spacial score (nSPS) is 25.4. The fraction of sp³-hybridized carbons (Fsp3) is 0.625. The van der Waals surface area contributed by atoms with E-state index in [1.165, 1.54) is 12.6 Å². The van der Waals surface area contributed by atoms with Crippen molar-refractivity contribution in [3.63, 3.8) is 0 Å². The summed E-state index contributed by atoms with van der Waals surface area (Å²) >= 11 is 0. The Morgan fingerprint density at radius 1 is 1.12 bits per heavy atom. The fourth-order valence-corrected chi connectivity index (χ4v) is 5.35. The maximum atomic E-state index is 13.6. The molecule has 3 fully saturated rings. The highest BCUT2D eigenvalue weighted by molar-refractivity contribution is 6.03. The van der Waals surface area contributed by atoms with E-state index in [1.807, 2.05) is 0 Å². The Morgan fingerprint density at radius 2 is 1.78 bits per heavy atom. The molecule has 3 aliphatic rings. The van der Waals surface area contributed by atoms with E-state index in [9.17, 15) is 18.4 Å². The summed E-state index contributed by atoms with van der Waals surface area (Å²) in [7, 11) is 0. The predicted molar refractivity (Wildman–Crippen MR) is 118 cm³/mol. The Balaban J connectivity index is 0.000000552. The van der Waals surface area contributed by atoms with Gasteiger partial charge in [0.15, 0.2) is 5.43 Å². The molecule has 2 aromatic rings. The molecule has 6 nitrogen and oxygen atoms in total.